The number of hydrogen-bond donors (Lipinski definition) is 2. The number of hydrogen-bond acceptors (Lipinski definition) is 13. The number of rotatable bonds is 19. The summed E-state index contributed by atoms with van der Waals surface area (Å²) in [6.45, 7) is 21.1. The van der Waals surface area contributed by atoms with Gasteiger partial charge >= 0.3 is 18.0 Å². The Hall–Kier alpha value is -6.25. The number of carbonyl (C=O) groups excluding carboxylic acids is 3. The number of ether oxygens (including phenoxy) is 7. The van der Waals surface area contributed by atoms with Crippen LogP contribution in [0.25, 0.3) is 0 Å². The van der Waals surface area contributed by atoms with Crippen LogP contribution < -0.4 is 20.5 Å². The molecule has 0 bridgehead atoms. The minimum absolute atomic E-state index is 0.0378. The first-order valence-electron chi connectivity index (χ1n) is 19.8. The SMILES string of the molecule is C=CCC(OCc1ccccc1)[C@@H](C)Oc1nc(C(=O)OC)c(N)cc1C.C=CCC(OCc1ccccc1)[C@@H](C)Oc1nc(C(=O)OC)c(NC(=O)OC(C)(C)C)cc1C. The average Bonchev–Trinajstić information content (AvgIpc) is 3.22. The van der Waals surface area contributed by atoms with E-state index in [0.29, 0.717) is 37.5 Å². The molecule has 14 nitrogen and oxygen atoms in total. The Morgan fingerprint density at radius 2 is 1.15 bits per heavy atom. The standard InChI is InChI=1S/C26H34N2O6.C21H26N2O4/c1-8-12-21(32-16-19-13-10-9-11-14-19)18(3)33-23-17(2)15-20(22(28-23)24(29)31-7)27-25(30)34-26(4,5)6;1-5-9-18(26-13-16-10-7-6-8-11-16)15(3)27-20-14(2)12-17(22)19(23-20)21(24)25-4/h8-11,13-15,18,21H,1,12,16H2,2-7H3,(H,27,30);5-8,10-12,15,18H,1,9,13,22H2,2-4H3/t18-,21?;15-,18?/m11/s1. The highest BCUT2D eigenvalue weighted by molar-refractivity contribution is 5.98. The predicted octanol–water partition coefficient (Wildman–Crippen LogP) is 9.14. The van der Waals surface area contributed by atoms with Gasteiger partial charge in [0.1, 0.15) is 17.8 Å². The van der Waals surface area contributed by atoms with Crippen LogP contribution in [0.15, 0.2) is 98.1 Å². The Kier molecular flexibility index (Phi) is 19.4. The first-order chi connectivity index (χ1) is 29.0. The molecule has 2 unspecified atom stereocenters. The third kappa shape index (κ3) is 16.0. The Labute approximate surface area is 359 Å². The van der Waals surface area contributed by atoms with Crippen LogP contribution >= 0.6 is 0 Å². The van der Waals surface area contributed by atoms with E-state index in [2.05, 4.69) is 28.4 Å². The fourth-order valence-corrected chi connectivity index (χ4v) is 5.65. The van der Waals surface area contributed by atoms with Crippen LogP contribution in [0.5, 0.6) is 11.8 Å². The Bertz CT molecular complexity index is 2050. The smallest absolute Gasteiger partial charge is 0.412 e. The van der Waals surface area contributed by atoms with E-state index >= 15 is 0 Å². The highest BCUT2D eigenvalue weighted by Crippen LogP contribution is 2.27. The second-order valence-electron chi connectivity index (χ2n) is 15.0. The minimum atomic E-state index is -0.716. The van der Waals surface area contributed by atoms with E-state index in [9.17, 15) is 14.4 Å². The van der Waals surface area contributed by atoms with Crippen molar-refractivity contribution < 1.29 is 47.5 Å². The van der Waals surface area contributed by atoms with Gasteiger partial charge in [0.05, 0.1) is 51.0 Å². The van der Waals surface area contributed by atoms with Gasteiger partial charge in [-0.05, 0) is 84.6 Å². The molecule has 14 heteroatoms. The van der Waals surface area contributed by atoms with Gasteiger partial charge in [-0.15, -0.1) is 13.2 Å². The number of nitrogens with one attached hydrogen (secondary N) is 1. The van der Waals surface area contributed by atoms with Crippen LogP contribution in [0.1, 0.15) is 90.7 Å². The molecule has 4 atom stereocenters. The number of aromatic nitrogens is 2. The topological polar surface area (TPSA) is 180 Å². The highest BCUT2D eigenvalue weighted by Gasteiger charge is 2.26. The van der Waals surface area contributed by atoms with Crippen molar-refractivity contribution >= 4 is 29.4 Å². The number of nitrogen functional groups attached to an aromatic ring is 1. The minimum Gasteiger partial charge on any atom is -0.472 e. The molecule has 4 aromatic rings. The van der Waals surface area contributed by atoms with Crippen LogP contribution in [-0.2, 0) is 36.9 Å². The summed E-state index contributed by atoms with van der Waals surface area (Å²) in [7, 11) is 2.52. The zero-order chi connectivity index (χ0) is 45.1. The fraction of sp³-hybridized carbons (Fsp3) is 0.383. The van der Waals surface area contributed by atoms with Gasteiger partial charge in [-0.1, -0.05) is 72.8 Å². The van der Waals surface area contributed by atoms with E-state index in [1.54, 1.807) is 52.0 Å². The lowest BCUT2D eigenvalue weighted by Crippen LogP contribution is -2.32. The molecule has 1 amide bonds. The van der Waals surface area contributed by atoms with E-state index in [1.165, 1.54) is 14.2 Å². The zero-order valence-corrected chi connectivity index (χ0v) is 36.7. The summed E-state index contributed by atoms with van der Waals surface area (Å²) in [6.07, 6.45) is 2.81. The molecule has 0 saturated heterocycles. The summed E-state index contributed by atoms with van der Waals surface area (Å²) in [4.78, 5) is 45.0. The van der Waals surface area contributed by atoms with E-state index < -0.39 is 29.7 Å². The van der Waals surface area contributed by atoms with Crippen molar-refractivity contribution in [3.8, 4) is 11.8 Å². The molecule has 2 aromatic carbocycles. The van der Waals surface area contributed by atoms with Gasteiger partial charge in [-0.3, -0.25) is 5.32 Å². The van der Waals surface area contributed by atoms with Gasteiger partial charge in [0.15, 0.2) is 11.4 Å². The van der Waals surface area contributed by atoms with Gasteiger partial charge in [0.2, 0.25) is 11.8 Å². The van der Waals surface area contributed by atoms with Crippen molar-refractivity contribution in [2.24, 2.45) is 0 Å². The number of methoxy groups -OCH3 is 2. The summed E-state index contributed by atoms with van der Waals surface area (Å²) in [5.74, 6) is -0.756. The van der Waals surface area contributed by atoms with Crippen LogP contribution in [-0.4, -0.2) is 72.2 Å². The number of amides is 1. The van der Waals surface area contributed by atoms with Crippen molar-refractivity contribution in [3.05, 3.63) is 132 Å². The van der Waals surface area contributed by atoms with Gasteiger partial charge < -0.3 is 38.9 Å². The Morgan fingerprint density at radius 3 is 1.57 bits per heavy atom. The van der Waals surface area contributed by atoms with Crippen molar-refractivity contribution in [2.45, 2.75) is 105 Å². The molecular weight excluding hydrogens is 781 g/mol. The molecule has 0 aliphatic rings. The number of pyridine rings is 2. The largest absolute Gasteiger partial charge is 0.472 e. The summed E-state index contributed by atoms with van der Waals surface area (Å²) < 4.78 is 39.0. The second-order valence-corrected chi connectivity index (χ2v) is 15.0. The Balaban J connectivity index is 0.000000334. The molecule has 0 aliphatic heterocycles. The van der Waals surface area contributed by atoms with Crippen molar-refractivity contribution in [2.75, 3.05) is 25.3 Å². The quantitative estimate of drug-likeness (QED) is 0.0519. The number of carbonyl (C=O) groups is 3. The molecule has 328 valence electrons. The molecular formula is C47H60N4O10. The lowest BCUT2D eigenvalue weighted by atomic mass is 10.1. The molecule has 2 heterocycles. The monoisotopic (exact) mass is 840 g/mol. The van der Waals surface area contributed by atoms with E-state index in [4.69, 9.17) is 38.9 Å². The summed E-state index contributed by atoms with van der Waals surface area (Å²) >= 11 is 0. The molecule has 0 spiro atoms. The van der Waals surface area contributed by atoms with Crippen LogP contribution in [0.2, 0.25) is 0 Å². The third-order valence-electron chi connectivity index (χ3n) is 8.81. The zero-order valence-electron chi connectivity index (χ0n) is 36.7. The molecule has 2 aromatic heterocycles. The van der Waals surface area contributed by atoms with Crippen LogP contribution in [0.3, 0.4) is 0 Å². The normalized spacial score (nSPS) is 12.9. The highest BCUT2D eigenvalue weighted by atomic mass is 16.6. The van der Waals surface area contributed by atoms with Gasteiger partial charge in [-0.25, -0.2) is 24.4 Å². The molecule has 0 aliphatic carbocycles. The van der Waals surface area contributed by atoms with E-state index in [0.717, 1.165) is 16.7 Å². The van der Waals surface area contributed by atoms with Gasteiger partial charge in [0, 0.05) is 11.1 Å². The molecule has 61 heavy (non-hydrogen) atoms. The van der Waals surface area contributed by atoms with Crippen molar-refractivity contribution in [1.82, 2.24) is 9.97 Å². The first-order valence-corrected chi connectivity index (χ1v) is 19.8. The number of esters is 2. The molecule has 0 saturated carbocycles. The Morgan fingerprint density at radius 1 is 0.721 bits per heavy atom. The second kappa shape index (κ2) is 24.1. The van der Waals surface area contributed by atoms with Crippen molar-refractivity contribution in [3.63, 3.8) is 0 Å². The lowest BCUT2D eigenvalue weighted by molar-refractivity contribution is -0.0273. The fourth-order valence-electron chi connectivity index (χ4n) is 5.65. The van der Waals surface area contributed by atoms with Crippen molar-refractivity contribution in [1.29, 1.82) is 0 Å². The maximum Gasteiger partial charge on any atom is 0.412 e. The summed E-state index contributed by atoms with van der Waals surface area (Å²) in [5.41, 5.74) is 9.00. The molecule has 3 N–H and O–H groups in total. The number of nitrogens with two attached hydrogens (primary N) is 1. The van der Waals surface area contributed by atoms with Gasteiger partial charge in [0.25, 0.3) is 0 Å². The number of anilines is 2. The molecule has 0 radical (unpaired) electrons. The maximum atomic E-state index is 12.4. The number of aryl methyl sites for hydroxylation is 2. The van der Waals surface area contributed by atoms with E-state index in [1.807, 2.05) is 81.4 Å². The average molecular weight is 841 g/mol. The number of benzene rings is 2. The lowest BCUT2D eigenvalue weighted by Gasteiger charge is -2.25. The summed E-state index contributed by atoms with van der Waals surface area (Å²) in [5, 5.41) is 2.57. The molecule has 4 rings (SSSR count). The molecule has 0 fully saturated rings. The first kappa shape index (κ1) is 49.1. The van der Waals surface area contributed by atoms with Crippen LogP contribution in [0.4, 0.5) is 16.2 Å². The van der Waals surface area contributed by atoms with Crippen LogP contribution in [0, 0.1) is 13.8 Å². The predicted molar refractivity (Wildman–Crippen MR) is 235 cm³/mol. The number of nitrogens with zero attached hydrogens (tertiary/aromatic N) is 2. The van der Waals surface area contributed by atoms with E-state index in [-0.39, 0.29) is 47.0 Å². The third-order valence-corrected chi connectivity index (χ3v) is 8.81. The maximum absolute atomic E-state index is 12.4. The summed E-state index contributed by atoms with van der Waals surface area (Å²) in [6, 6.07) is 23.0. The van der Waals surface area contributed by atoms with Gasteiger partial charge in [-0.2, -0.15) is 0 Å².